The highest BCUT2D eigenvalue weighted by molar-refractivity contribution is 7.88. The number of phenolic OH excluding ortho intramolecular Hbond substituents is 3. The van der Waals surface area contributed by atoms with E-state index in [1.165, 1.54) is 24.3 Å². The number of anilines is 1. The molecule has 0 spiro atoms. The summed E-state index contributed by atoms with van der Waals surface area (Å²) in [6.45, 7) is 0. The molecule has 9 aromatic rings. The Morgan fingerprint density at radius 1 is 0.323 bits per heavy atom. The quantitative estimate of drug-likeness (QED) is 0.0231. The van der Waals surface area contributed by atoms with Crippen LogP contribution >= 0.6 is 0 Å². The summed E-state index contributed by atoms with van der Waals surface area (Å²) in [4.78, 5) is 1.85. The molecule has 0 atom stereocenters. The molecular formula is C47H31N9O29S8. The Balaban J connectivity index is 1.23. The average Bonchev–Trinajstić information content (AvgIpc) is 0.750. The number of fused-ring (bicyclic) bond motifs is 4. The molecule has 0 saturated heterocycles. The molecule has 0 aliphatic heterocycles. The largest absolute Gasteiger partial charge is 0.505 e. The number of azo groups is 4. The van der Waals surface area contributed by atoms with Crippen molar-refractivity contribution in [2.24, 2.45) is 40.9 Å². The van der Waals surface area contributed by atoms with Gasteiger partial charge in [-0.05, 0) is 89.6 Å². The standard InChI is InChI=1S/C47H31N9O29S8/c48-40-31(53-51-29-14-23-18(9-34(29)89(71,72)73)11-37(92(80,81)82)42(44(23)57)55-50-28-6-5-20(86(62,63)64)13-25(28)47(60)61)17-33(88(68,69)70)26-16-38(93(83,84)85)43(46(59)39(26)40)56-52-30-15-24-19(10-35(30)90(74,75)76)12-36(91(77,78)79)41(45(24)58)54-49-27-7-8-32(87(65,66)67)22-4-2-1-3-21(22)27/h1-17,57-59H,48H2,(H,60,61)(H,62,63,64)(H,65,66,67)(H,68,69,70)(H,71,72,73)(H,74,75,76)(H,77,78,79)(H,80,81,82)(H,83,84,85). The van der Waals surface area contributed by atoms with Crippen LogP contribution in [0.3, 0.4) is 0 Å². The van der Waals surface area contributed by atoms with Crippen LogP contribution in [-0.4, -0.2) is 130 Å². The monoisotopic (exact) mass is 1440 g/mol. The number of aromatic carboxylic acids is 1. The smallest absolute Gasteiger partial charge is 0.338 e. The lowest BCUT2D eigenvalue weighted by Crippen LogP contribution is -2.04. The van der Waals surface area contributed by atoms with Crippen LogP contribution in [-0.2, 0) is 80.9 Å². The van der Waals surface area contributed by atoms with Crippen molar-refractivity contribution in [1.29, 1.82) is 0 Å². The van der Waals surface area contributed by atoms with Crippen molar-refractivity contribution >= 4 is 181 Å². The molecule has 0 aliphatic rings. The van der Waals surface area contributed by atoms with Gasteiger partial charge in [0.05, 0.1) is 27.2 Å². The number of rotatable bonds is 17. The van der Waals surface area contributed by atoms with E-state index in [-0.39, 0.29) is 28.6 Å². The van der Waals surface area contributed by atoms with Crippen LogP contribution in [0.4, 0.5) is 51.2 Å². The molecule has 46 heteroatoms. The molecule has 0 bridgehead atoms. The Labute approximate surface area is 518 Å². The van der Waals surface area contributed by atoms with Gasteiger partial charge >= 0.3 is 5.97 Å². The molecule has 38 nitrogen and oxygen atoms in total. The van der Waals surface area contributed by atoms with E-state index in [0.29, 0.717) is 54.6 Å². The van der Waals surface area contributed by atoms with E-state index in [1.54, 1.807) is 0 Å². The van der Waals surface area contributed by atoms with Crippen LogP contribution in [0.5, 0.6) is 17.2 Å². The fourth-order valence-corrected chi connectivity index (χ4v) is 14.0. The number of hydrogen-bond donors (Lipinski definition) is 13. The molecule has 9 rings (SSSR count). The molecule has 0 amide bonds. The minimum absolute atomic E-state index is 0.0421. The third-order valence-corrected chi connectivity index (χ3v) is 19.9. The molecule has 93 heavy (non-hydrogen) atoms. The molecule has 0 aromatic heterocycles. The molecule has 0 aliphatic carbocycles. The molecule has 0 fully saturated rings. The molecule has 0 unspecified atom stereocenters. The number of benzene rings is 9. The number of nitrogens with two attached hydrogens (primary N) is 1. The van der Waals surface area contributed by atoms with Crippen molar-refractivity contribution in [3.63, 3.8) is 0 Å². The second kappa shape index (κ2) is 23.2. The van der Waals surface area contributed by atoms with Gasteiger partial charge in [-0.2, -0.15) is 67.3 Å². The van der Waals surface area contributed by atoms with E-state index < -0.39 is 227 Å². The Hall–Kier alpha value is -9.63. The van der Waals surface area contributed by atoms with Gasteiger partial charge in [0.25, 0.3) is 80.9 Å². The van der Waals surface area contributed by atoms with Gasteiger partial charge in [0, 0.05) is 26.9 Å². The van der Waals surface area contributed by atoms with Crippen LogP contribution in [0, 0.1) is 0 Å². The molecule has 486 valence electrons. The second-order valence-corrected chi connectivity index (χ2v) is 29.9. The average molecular weight is 1440 g/mol. The molecule has 9 aromatic carbocycles. The summed E-state index contributed by atoms with van der Waals surface area (Å²) in [5.74, 6) is -6.26. The normalized spacial score (nSPS) is 13.5. The fraction of sp³-hybridized carbons (Fsp3) is 0. The van der Waals surface area contributed by atoms with Gasteiger partial charge in [0.2, 0.25) is 0 Å². The third kappa shape index (κ3) is 13.4. The number of carbonyl (C=O) groups is 1. The van der Waals surface area contributed by atoms with E-state index in [9.17, 15) is 129 Å². The van der Waals surface area contributed by atoms with E-state index in [4.69, 9.17) is 5.73 Å². The fourth-order valence-electron chi connectivity index (χ4n) is 8.90. The molecule has 14 N–H and O–H groups in total. The first-order valence-electron chi connectivity index (χ1n) is 23.8. The number of carboxylic acids is 1. The first-order chi connectivity index (χ1) is 42.7. The predicted molar refractivity (Wildman–Crippen MR) is 314 cm³/mol. The van der Waals surface area contributed by atoms with Crippen molar-refractivity contribution in [2.45, 2.75) is 39.2 Å². The summed E-state index contributed by atoms with van der Waals surface area (Å²) < 4.78 is 283. The minimum atomic E-state index is -5.86. The number of nitrogen functional groups attached to an aromatic ring is 1. The number of aromatic hydroxyl groups is 3. The van der Waals surface area contributed by atoms with E-state index >= 15 is 0 Å². The molecule has 0 heterocycles. The molecular weight excluding hydrogens is 1410 g/mol. The van der Waals surface area contributed by atoms with Gasteiger partial charge in [-0.3, -0.25) is 36.4 Å². The minimum Gasteiger partial charge on any atom is -0.505 e. The number of carboxylic acid groups (broad SMARTS) is 1. The van der Waals surface area contributed by atoms with Gasteiger partial charge in [-0.15, -0.1) is 40.9 Å². The second-order valence-electron chi connectivity index (χ2n) is 18.7. The van der Waals surface area contributed by atoms with Crippen molar-refractivity contribution in [3.8, 4) is 17.2 Å². The van der Waals surface area contributed by atoms with E-state index in [0.717, 1.165) is 12.1 Å². The van der Waals surface area contributed by atoms with Gasteiger partial charge in [0.1, 0.15) is 74.1 Å². The van der Waals surface area contributed by atoms with E-state index in [1.807, 2.05) is 0 Å². The summed E-state index contributed by atoms with van der Waals surface area (Å²) in [5, 5.41) is 68.1. The zero-order valence-corrected chi connectivity index (χ0v) is 51.1. The van der Waals surface area contributed by atoms with E-state index in [2.05, 4.69) is 40.9 Å². The summed E-state index contributed by atoms with van der Waals surface area (Å²) >= 11 is 0. The summed E-state index contributed by atoms with van der Waals surface area (Å²) in [6, 6.07) is 12.0. The Bertz CT molecular complexity index is 6010. The van der Waals surface area contributed by atoms with Gasteiger partial charge < -0.3 is 26.2 Å². The molecule has 0 radical (unpaired) electrons. The summed E-state index contributed by atoms with van der Waals surface area (Å²) in [5.41, 5.74) is -4.15. The van der Waals surface area contributed by atoms with Crippen LogP contribution in [0.1, 0.15) is 10.4 Å². The predicted octanol–water partition coefficient (Wildman–Crippen LogP) is 8.33. The van der Waals surface area contributed by atoms with Crippen molar-refractivity contribution in [1.82, 2.24) is 0 Å². The maximum atomic E-state index is 13.0. The lowest BCUT2D eigenvalue weighted by molar-refractivity contribution is 0.0697. The topological polar surface area (TPSA) is 658 Å². The summed E-state index contributed by atoms with van der Waals surface area (Å²) in [7, 11) is -43.9. The Kier molecular flexibility index (Phi) is 16.9. The van der Waals surface area contributed by atoms with Gasteiger partial charge in [0.15, 0.2) is 17.2 Å². The Morgan fingerprint density at radius 3 is 1.14 bits per heavy atom. The zero-order chi connectivity index (χ0) is 69.0. The highest BCUT2D eigenvalue weighted by atomic mass is 32.2. The Morgan fingerprint density at radius 2 is 0.699 bits per heavy atom. The summed E-state index contributed by atoms with van der Waals surface area (Å²) in [6.07, 6.45) is 0. The van der Waals surface area contributed by atoms with Crippen LogP contribution in [0.2, 0.25) is 0 Å². The zero-order valence-electron chi connectivity index (χ0n) is 44.5. The van der Waals surface area contributed by atoms with Crippen LogP contribution < -0.4 is 5.73 Å². The van der Waals surface area contributed by atoms with Crippen molar-refractivity contribution in [2.75, 3.05) is 5.73 Å². The van der Waals surface area contributed by atoms with Crippen LogP contribution in [0.15, 0.2) is 183 Å². The maximum Gasteiger partial charge on any atom is 0.338 e. The number of hydrogen-bond acceptors (Lipinski definition) is 29. The highest BCUT2D eigenvalue weighted by Crippen LogP contribution is 2.51. The lowest BCUT2D eigenvalue weighted by Gasteiger charge is -2.15. The SMILES string of the molecule is Nc1c(N=Nc2cc3c(O)c(N=Nc4ccc(S(=O)(=O)O)cc4C(=O)O)c(S(=O)(=O)O)cc3cc2S(=O)(=O)O)cc(S(=O)(=O)O)c2cc(S(=O)(=O)O)c(N=Nc3cc4c(O)c(N=Nc5ccc(S(=O)(=O)O)c6ccccc56)c(S(=O)(=O)O)cc4cc3S(=O)(=O)O)c(O)c12. The maximum absolute atomic E-state index is 13.0. The molecule has 0 saturated carbocycles. The van der Waals surface area contributed by atoms with Crippen molar-refractivity contribution < 1.29 is 129 Å². The first kappa shape index (κ1) is 67.8. The lowest BCUT2D eigenvalue weighted by atomic mass is 10.0. The number of nitrogens with zero attached hydrogens (tertiary/aromatic N) is 8. The third-order valence-electron chi connectivity index (χ3n) is 12.9. The van der Waals surface area contributed by atoms with Crippen molar-refractivity contribution in [3.05, 3.63) is 109 Å². The first-order valence-corrected chi connectivity index (χ1v) is 35.4. The number of phenols is 3. The highest BCUT2D eigenvalue weighted by Gasteiger charge is 2.32. The van der Waals surface area contributed by atoms with Crippen LogP contribution in [0.25, 0.3) is 43.1 Å². The van der Waals surface area contributed by atoms with Gasteiger partial charge in [-0.1, -0.05) is 24.3 Å². The van der Waals surface area contributed by atoms with Gasteiger partial charge in [-0.25, -0.2) is 4.79 Å².